The van der Waals surface area contributed by atoms with Crippen molar-refractivity contribution in [2.24, 2.45) is 0 Å². The summed E-state index contributed by atoms with van der Waals surface area (Å²) in [6.07, 6.45) is 8.60. The second-order valence-corrected chi connectivity index (χ2v) is 3.94. The lowest BCUT2D eigenvalue weighted by molar-refractivity contribution is 0.968. The molecule has 0 bridgehead atoms. The molecule has 0 radical (unpaired) electrons. The number of hydrogen-bond acceptors (Lipinski definition) is 2. The minimum absolute atomic E-state index is 1.22. The highest BCUT2D eigenvalue weighted by molar-refractivity contribution is 8.08. The number of aromatic nitrogens is 1. The van der Waals surface area contributed by atoms with Crippen molar-refractivity contribution >= 4 is 16.7 Å². The van der Waals surface area contributed by atoms with E-state index < -0.39 is 0 Å². The van der Waals surface area contributed by atoms with E-state index in [9.17, 15) is 0 Å². The Hall–Kier alpha value is -0.760. The van der Waals surface area contributed by atoms with Crippen molar-refractivity contribution in [2.75, 3.05) is 5.75 Å². The molecule has 1 aromatic rings. The van der Waals surface area contributed by atoms with Crippen LogP contribution < -0.4 is 0 Å². The summed E-state index contributed by atoms with van der Waals surface area (Å²) in [4.78, 5) is 5.50. The maximum Gasteiger partial charge on any atom is 0.0351 e. The molecule has 0 spiro atoms. The van der Waals surface area contributed by atoms with Gasteiger partial charge >= 0.3 is 0 Å². The number of allylic oxidation sites excluding steroid dienone is 1. The summed E-state index contributed by atoms with van der Waals surface area (Å²) in [5.41, 5.74) is 1.27. The van der Waals surface area contributed by atoms with E-state index in [4.69, 9.17) is 0 Å². The van der Waals surface area contributed by atoms with Crippen LogP contribution in [0.3, 0.4) is 0 Å². The van der Waals surface area contributed by atoms with E-state index in [2.05, 4.69) is 17.1 Å². The van der Waals surface area contributed by atoms with Gasteiger partial charge in [-0.05, 0) is 24.7 Å². The summed E-state index contributed by atoms with van der Waals surface area (Å²) >= 11 is 1.94. The van der Waals surface area contributed by atoms with E-state index in [-0.39, 0.29) is 0 Å². The lowest BCUT2D eigenvalue weighted by Crippen LogP contribution is -1.90. The van der Waals surface area contributed by atoms with Crippen LogP contribution in [-0.4, -0.2) is 10.7 Å². The average Bonchev–Trinajstić information content (AvgIpc) is 2.21. The van der Waals surface area contributed by atoms with Gasteiger partial charge in [0.25, 0.3) is 0 Å². The van der Waals surface area contributed by atoms with Gasteiger partial charge < -0.3 is 0 Å². The third-order valence-electron chi connectivity index (χ3n) is 1.88. The molecule has 0 aliphatic carbocycles. The molecule has 0 unspecified atom stereocenters. The minimum Gasteiger partial charge on any atom is -0.264 e. The quantitative estimate of drug-likeness (QED) is 0.654. The lowest BCUT2D eigenvalue weighted by Gasteiger charge is -2.11. The smallest absolute Gasteiger partial charge is 0.0351 e. The molecule has 1 aliphatic rings. The largest absolute Gasteiger partial charge is 0.264 e. The molecule has 2 rings (SSSR count). The van der Waals surface area contributed by atoms with Crippen molar-refractivity contribution in [1.29, 1.82) is 0 Å². The molecule has 1 aromatic heterocycles. The lowest BCUT2D eigenvalue weighted by atomic mass is 10.2. The van der Waals surface area contributed by atoms with Crippen LogP contribution in [0.5, 0.6) is 0 Å². The normalized spacial score (nSPS) is 17.2. The highest BCUT2D eigenvalue weighted by Crippen LogP contribution is 2.31. The van der Waals surface area contributed by atoms with Crippen molar-refractivity contribution in [1.82, 2.24) is 4.98 Å². The summed E-state index contributed by atoms with van der Waals surface area (Å²) in [5.74, 6) is 1.25. The molecule has 2 heteroatoms. The standard InChI is InChI=1S/C10H11NS/c1-2-7-12-10(5-1)9-4-3-6-11-8-9/h3-6,8H,1-2,7H2. The van der Waals surface area contributed by atoms with Crippen LogP contribution in [-0.2, 0) is 0 Å². The Morgan fingerprint density at radius 3 is 3.08 bits per heavy atom. The highest BCUT2D eigenvalue weighted by Gasteiger charge is 2.05. The van der Waals surface area contributed by atoms with E-state index in [1.54, 1.807) is 0 Å². The summed E-state index contributed by atoms with van der Waals surface area (Å²) < 4.78 is 0. The number of pyridine rings is 1. The van der Waals surface area contributed by atoms with Crippen molar-refractivity contribution in [3.05, 3.63) is 36.2 Å². The molecule has 0 fully saturated rings. The summed E-state index contributed by atoms with van der Waals surface area (Å²) in [7, 11) is 0. The molecule has 0 saturated heterocycles. The topological polar surface area (TPSA) is 12.9 Å². The molecular formula is C10H11NS. The van der Waals surface area contributed by atoms with Crippen LogP contribution >= 0.6 is 11.8 Å². The predicted octanol–water partition coefficient (Wildman–Crippen LogP) is 2.95. The van der Waals surface area contributed by atoms with E-state index in [0.717, 1.165) is 0 Å². The maximum absolute atomic E-state index is 4.11. The number of thioether (sulfide) groups is 1. The van der Waals surface area contributed by atoms with Gasteiger partial charge in [-0.1, -0.05) is 12.1 Å². The van der Waals surface area contributed by atoms with Crippen LogP contribution in [0.1, 0.15) is 18.4 Å². The molecule has 0 saturated carbocycles. The Bertz CT molecular complexity index is 279. The van der Waals surface area contributed by atoms with Gasteiger partial charge in [0.1, 0.15) is 0 Å². The van der Waals surface area contributed by atoms with Crippen molar-refractivity contribution in [2.45, 2.75) is 12.8 Å². The molecule has 62 valence electrons. The molecule has 12 heavy (non-hydrogen) atoms. The van der Waals surface area contributed by atoms with Gasteiger partial charge in [0.05, 0.1) is 0 Å². The van der Waals surface area contributed by atoms with Crippen molar-refractivity contribution < 1.29 is 0 Å². The molecule has 0 atom stereocenters. The SMILES string of the molecule is C1=C(c2cccnc2)SCCC1. The van der Waals surface area contributed by atoms with Crippen LogP contribution in [0.4, 0.5) is 0 Å². The van der Waals surface area contributed by atoms with Gasteiger partial charge in [0.2, 0.25) is 0 Å². The van der Waals surface area contributed by atoms with Crippen LogP contribution in [0.25, 0.3) is 4.91 Å². The van der Waals surface area contributed by atoms with Gasteiger partial charge in [-0.3, -0.25) is 4.98 Å². The molecule has 1 nitrogen and oxygen atoms in total. The third kappa shape index (κ3) is 1.69. The van der Waals surface area contributed by atoms with Gasteiger partial charge in [0.15, 0.2) is 0 Å². The van der Waals surface area contributed by atoms with E-state index in [1.165, 1.54) is 29.1 Å². The maximum atomic E-state index is 4.11. The van der Waals surface area contributed by atoms with E-state index in [0.29, 0.717) is 0 Å². The molecule has 0 N–H and O–H groups in total. The Morgan fingerprint density at radius 1 is 1.42 bits per heavy atom. The number of rotatable bonds is 1. The first-order valence-electron chi connectivity index (χ1n) is 4.20. The Labute approximate surface area is 76.9 Å². The van der Waals surface area contributed by atoms with E-state index >= 15 is 0 Å². The monoisotopic (exact) mass is 177 g/mol. The van der Waals surface area contributed by atoms with Crippen LogP contribution in [0, 0.1) is 0 Å². The van der Waals surface area contributed by atoms with Crippen molar-refractivity contribution in [3.8, 4) is 0 Å². The first-order chi connectivity index (χ1) is 5.97. The zero-order valence-corrected chi connectivity index (χ0v) is 7.68. The van der Waals surface area contributed by atoms with Crippen LogP contribution in [0.15, 0.2) is 30.6 Å². The zero-order chi connectivity index (χ0) is 8.23. The zero-order valence-electron chi connectivity index (χ0n) is 6.86. The van der Waals surface area contributed by atoms with Gasteiger partial charge in [-0.15, -0.1) is 11.8 Å². The van der Waals surface area contributed by atoms with Gasteiger partial charge in [-0.2, -0.15) is 0 Å². The third-order valence-corrected chi connectivity index (χ3v) is 3.09. The molecular weight excluding hydrogens is 166 g/mol. The minimum atomic E-state index is 1.22. The van der Waals surface area contributed by atoms with Crippen molar-refractivity contribution in [3.63, 3.8) is 0 Å². The molecule has 0 aromatic carbocycles. The molecule has 1 aliphatic heterocycles. The highest BCUT2D eigenvalue weighted by atomic mass is 32.2. The van der Waals surface area contributed by atoms with Crippen LogP contribution in [0.2, 0.25) is 0 Å². The second kappa shape index (κ2) is 3.76. The first kappa shape index (κ1) is 7.87. The fraction of sp³-hybridized carbons (Fsp3) is 0.300. The van der Waals surface area contributed by atoms with E-state index in [1.807, 2.05) is 30.2 Å². The Kier molecular flexibility index (Phi) is 2.47. The summed E-state index contributed by atoms with van der Waals surface area (Å²) in [6, 6.07) is 4.11. The number of hydrogen-bond donors (Lipinski definition) is 0. The van der Waals surface area contributed by atoms with Gasteiger partial charge in [-0.25, -0.2) is 0 Å². The Morgan fingerprint density at radius 2 is 2.42 bits per heavy atom. The second-order valence-electron chi connectivity index (χ2n) is 2.80. The molecule has 2 heterocycles. The summed E-state index contributed by atoms with van der Waals surface area (Å²) in [6.45, 7) is 0. The predicted molar refractivity (Wildman–Crippen MR) is 53.9 cm³/mol. The average molecular weight is 177 g/mol. The summed E-state index contributed by atoms with van der Waals surface area (Å²) in [5, 5.41) is 0. The first-order valence-corrected chi connectivity index (χ1v) is 5.19. The Balaban J connectivity index is 2.24. The molecule has 0 amide bonds. The van der Waals surface area contributed by atoms with Gasteiger partial charge in [0, 0.05) is 22.9 Å². The number of nitrogens with zero attached hydrogens (tertiary/aromatic N) is 1. The fourth-order valence-electron chi connectivity index (χ4n) is 1.27. The fourth-order valence-corrected chi connectivity index (χ4v) is 2.32.